The number of methoxy groups -OCH3 is 1. The lowest BCUT2D eigenvalue weighted by atomic mass is 10.1. The van der Waals surface area contributed by atoms with Crippen molar-refractivity contribution in [2.75, 3.05) is 26.9 Å². The third kappa shape index (κ3) is 3.64. The molecule has 0 aromatic heterocycles. The molecule has 4 nitrogen and oxygen atoms in total. The zero-order valence-electron chi connectivity index (χ0n) is 8.99. The quantitative estimate of drug-likeness (QED) is 0.686. The van der Waals surface area contributed by atoms with Crippen LogP contribution in [0, 0.1) is 5.92 Å². The molecule has 0 saturated carbocycles. The van der Waals surface area contributed by atoms with Gasteiger partial charge in [-0.1, -0.05) is 6.92 Å². The van der Waals surface area contributed by atoms with Crippen LogP contribution in [0.15, 0.2) is 0 Å². The van der Waals surface area contributed by atoms with E-state index in [1.807, 2.05) is 6.92 Å². The van der Waals surface area contributed by atoms with Gasteiger partial charge < -0.3 is 4.74 Å². The summed E-state index contributed by atoms with van der Waals surface area (Å²) in [5, 5.41) is 1.50. The van der Waals surface area contributed by atoms with Gasteiger partial charge in [-0.15, -0.1) is 0 Å². The molecule has 1 aliphatic rings. The molecule has 1 atom stereocenters. The van der Waals surface area contributed by atoms with Crippen molar-refractivity contribution in [3.05, 3.63) is 0 Å². The van der Waals surface area contributed by atoms with Crippen molar-refractivity contribution in [1.29, 1.82) is 0 Å². The molecular formula is C10H19NO3. The average Bonchev–Trinajstić information content (AvgIpc) is 2.19. The molecule has 0 spiro atoms. The fourth-order valence-electron chi connectivity index (χ4n) is 1.54. The minimum Gasteiger partial charge on any atom is -0.384 e. The largest absolute Gasteiger partial charge is 0.384 e. The number of ether oxygens (including phenoxy) is 1. The van der Waals surface area contributed by atoms with Gasteiger partial charge in [0.25, 0.3) is 0 Å². The number of hydrogen-bond acceptors (Lipinski definition) is 3. The summed E-state index contributed by atoms with van der Waals surface area (Å²) in [5.74, 6) is 0.340. The Morgan fingerprint density at radius 1 is 1.57 bits per heavy atom. The van der Waals surface area contributed by atoms with Crippen LogP contribution in [0.1, 0.15) is 26.2 Å². The summed E-state index contributed by atoms with van der Waals surface area (Å²) in [6, 6.07) is 0. The normalized spacial score (nSPS) is 19.4. The van der Waals surface area contributed by atoms with Crippen LogP contribution >= 0.6 is 0 Å². The summed E-state index contributed by atoms with van der Waals surface area (Å²) >= 11 is 0. The highest BCUT2D eigenvalue weighted by Gasteiger charge is 2.19. The van der Waals surface area contributed by atoms with E-state index in [1.165, 1.54) is 5.06 Å². The van der Waals surface area contributed by atoms with Crippen molar-refractivity contribution in [3.8, 4) is 0 Å². The summed E-state index contributed by atoms with van der Waals surface area (Å²) in [7, 11) is 1.65. The molecule has 1 saturated heterocycles. The Balaban J connectivity index is 2.25. The maximum Gasteiger partial charge on any atom is 0.246 e. The molecule has 1 unspecified atom stereocenters. The van der Waals surface area contributed by atoms with Crippen molar-refractivity contribution >= 4 is 5.91 Å². The van der Waals surface area contributed by atoms with Crippen LogP contribution in [0.2, 0.25) is 0 Å². The Hall–Kier alpha value is -0.610. The molecule has 0 aromatic carbocycles. The number of hydroxylamine groups is 2. The second-order valence-corrected chi connectivity index (χ2v) is 3.80. The molecule has 1 amide bonds. The highest BCUT2D eigenvalue weighted by Crippen LogP contribution is 2.11. The van der Waals surface area contributed by atoms with Crippen LogP contribution in [0.5, 0.6) is 0 Å². The lowest BCUT2D eigenvalue weighted by Gasteiger charge is -2.26. The minimum absolute atomic E-state index is 0.0780. The van der Waals surface area contributed by atoms with Gasteiger partial charge in [0.1, 0.15) is 0 Å². The van der Waals surface area contributed by atoms with Crippen LogP contribution < -0.4 is 0 Å². The van der Waals surface area contributed by atoms with E-state index < -0.39 is 0 Å². The molecule has 14 heavy (non-hydrogen) atoms. The molecule has 0 radical (unpaired) electrons. The molecule has 1 rings (SSSR count). The summed E-state index contributed by atoms with van der Waals surface area (Å²) < 4.78 is 4.98. The van der Waals surface area contributed by atoms with Crippen LogP contribution in [0.4, 0.5) is 0 Å². The molecule has 0 bridgehead atoms. The number of hydrogen-bond donors (Lipinski definition) is 0. The summed E-state index contributed by atoms with van der Waals surface area (Å²) in [4.78, 5) is 16.9. The van der Waals surface area contributed by atoms with Gasteiger partial charge in [0.05, 0.1) is 6.61 Å². The van der Waals surface area contributed by atoms with E-state index in [-0.39, 0.29) is 11.8 Å². The van der Waals surface area contributed by atoms with Crippen molar-refractivity contribution in [2.45, 2.75) is 26.2 Å². The fourth-order valence-corrected chi connectivity index (χ4v) is 1.54. The Morgan fingerprint density at radius 2 is 2.36 bits per heavy atom. The highest BCUT2D eigenvalue weighted by molar-refractivity contribution is 5.75. The van der Waals surface area contributed by atoms with Gasteiger partial charge >= 0.3 is 0 Å². The number of amides is 1. The third-order valence-corrected chi connectivity index (χ3v) is 2.26. The zero-order chi connectivity index (χ0) is 10.4. The number of carbonyl (C=O) groups excluding carboxylic acids is 1. The predicted octanol–water partition coefficient (Wildman–Crippen LogP) is 1.21. The van der Waals surface area contributed by atoms with Gasteiger partial charge in [-0.3, -0.25) is 9.63 Å². The Bertz CT molecular complexity index is 178. The van der Waals surface area contributed by atoms with Gasteiger partial charge in [-0.05, 0) is 18.8 Å². The van der Waals surface area contributed by atoms with Gasteiger partial charge in [-0.2, -0.15) is 0 Å². The van der Waals surface area contributed by atoms with Crippen LogP contribution in [-0.2, 0) is 14.4 Å². The van der Waals surface area contributed by atoms with Crippen LogP contribution in [-0.4, -0.2) is 37.8 Å². The van der Waals surface area contributed by atoms with Crippen molar-refractivity contribution in [2.24, 2.45) is 5.92 Å². The van der Waals surface area contributed by atoms with E-state index in [4.69, 9.17) is 9.57 Å². The van der Waals surface area contributed by atoms with E-state index in [0.717, 1.165) is 19.4 Å². The van der Waals surface area contributed by atoms with E-state index >= 15 is 0 Å². The first-order valence-electron chi connectivity index (χ1n) is 5.16. The molecule has 0 N–H and O–H groups in total. The first-order chi connectivity index (χ1) is 6.74. The van der Waals surface area contributed by atoms with Gasteiger partial charge in [0.2, 0.25) is 5.91 Å². The fraction of sp³-hybridized carbons (Fsp3) is 0.900. The first kappa shape index (κ1) is 11.5. The van der Waals surface area contributed by atoms with E-state index in [0.29, 0.717) is 19.6 Å². The first-order valence-corrected chi connectivity index (χ1v) is 5.16. The lowest BCUT2D eigenvalue weighted by molar-refractivity contribution is -0.198. The monoisotopic (exact) mass is 201 g/mol. The molecular weight excluding hydrogens is 182 g/mol. The van der Waals surface area contributed by atoms with Crippen LogP contribution in [0.3, 0.4) is 0 Å². The topological polar surface area (TPSA) is 38.8 Å². The Kier molecular flexibility index (Phi) is 4.90. The summed E-state index contributed by atoms with van der Waals surface area (Å²) in [5.41, 5.74) is 0. The van der Waals surface area contributed by atoms with E-state index in [9.17, 15) is 4.79 Å². The average molecular weight is 201 g/mol. The second kappa shape index (κ2) is 5.98. The predicted molar refractivity (Wildman–Crippen MR) is 52.6 cm³/mol. The molecule has 82 valence electrons. The molecule has 0 aromatic rings. The molecule has 1 fully saturated rings. The minimum atomic E-state index is 0.0780. The standard InChI is InChI=1S/C10H19NO3/c1-9(8-13-2)7-10(12)11-5-3-4-6-14-11/h9H,3-8H2,1-2H3. The van der Waals surface area contributed by atoms with Crippen molar-refractivity contribution in [1.82, 2.24) is 5.06 Å². The van der Waals surface area contributed by atoms with Crippen molar-refractivity contribution in [3.63, 3.8) is 0 Å². The maximum atomic E-state index is 11.6. The third-order valence-electron chi connectivity index (χ3n) is 2.26. The molecule has 1 heterocycles. The number of carbonyl (C=O) groups is 1. The highest BCUT2D eigenvalue weighted by atomic mass is 16.7. The Labute approximate surface area is 85.1 Å². The van der Waals surface area contributed by atoms with Gasteiger partial charge in [0, 0.05) is 26.7 Å². The van der Waals surface area contributed by atoms with Crippen LogP contribution in [0.25, 0.3) is 0 Å². The lowest BCUT2D eigenvalue weighted by Crippen LogP contribution is -2.36. The molecule has 4 heteroatoms. The second-order valence-electron chi connectivity index (χ2n) is 3.80. The Morgan fingerprint density at radius 3 is 2.93 bits per heavy atom. The summed E-state index contributed by atoms with van der Waals surface area (Å²) in [6.07, 6.45) is 2.61. The summed E-state index contributed by atoms with van der Waals surface area (Å²) in [6.45, 7) is 4.04. The maximum absolute atomic E-state index is 11.6. The molecule has 0 aliphatic carbocycles. The van der Waals surface area contributed by atoms with Gasteiger partial charge in [-0.25, -0.2) is 5.06 Å². The van der Waals surface area contributed by atoms with E-state index in [2.05, 4.69) is 0 Å². The smallest absolute Gasteiger partial charge is 0.246 e. The number of nitrogens with zero attached hydrogens (tertiary/aromatic N) is 1. The zero-order valence-corrected chi connectivity index (χ0v) is 8.99. The van der Waals surface area contributed by atoms with E-state index in [1.54, 1.807) is 7.11 Å². The number of rotatable bonds is 4. The van der Waals surface area contributed by atoms with Crippen molar-refractivity contribution < 1.29 is 14.4 Å². The van der Waals surface area contributed by atoms with Gasteiger partial charge in [0.15, 0.2) is 0 Å². The molecule has 1 aliphatic heterocycles. The SMILES string of the molecule is COCC(C)CC(=O)N1CCCCO1.